The quantitative estimate of drug-likeness (QED) is 0.458. The minimum absolute atomic E-state index is 0.00453. The molecule has 0 aliphatic carbocycles. The molecule has 0 saturated heterocycles. The van der Waals surface area contributed by atoms with E-state index in [1.807, 2.05) is 48.5 Å². The molecule has 4 rings (SSSR count). The van der Waals surface area contributed by atoms with E-state index in [1.165, 1.54) is 0 Å². The Bertz CT molecular complexity index is 1130. The van der Waals surface area contributed by atoms with Crippen molar-refractivity contribution in [2.75, 3.05) is 25.2 Å². The number of carbonyl (C=O) groups excluding carboxylic acids is 2. The largest absolute Gasteiger partial charge is 0.497 e. The van der Waals surface area contributed by atoms with Crippen LogP contribution in [0.5, 0.6) is 11.5 Å². The standard InChI is InChI=1S/C26H26N2O5S/c1-26(2,17-33-24(29)16-32-19-14-12-18(31-3)13-15-19)27-25(30)28-20-8-4-6-10-22(20)34-23-11-7-5-9-21(23)28/h4-15H,16-17H2,1-3H3,(H,27,30). The van der Waals surface area contributed by atoms with Gasteiger partial charge in [-0.1, -0.05) is 36.0 Å². The van der Waals surface area contributed by atoms with E-state index in [-0.39, 0.29) is 19.2 Å². The number of fused-ring (bicyclic) bond motifs is 2. The van der Waals surface area contributed by atoms with Gasteiger partial charge in [-0.2, -0.15) is 0 Å². The number of hydrogen-bond donors (Lipinski definition) is 1. The first kappa shape index (κ1) is 23.5. The fourth-order valence-corrected chi connectivity index (χ4v) is 4.48. The van der Waals surface area contributed by atoms with E-state index in [2.05, 4.69) is 5.32 Å². The predicted molar refractivity (Wildman–Crippen MR) is 131 cm³/mol. The van der Waals surface area contributed by atoms with Gasteiger partial charge in [-0.25, -0.2) is 9.59 Å². The molecule has 34 heavy (non-hydrogen) atoms. The van der Waals surface area contributed by atoms with E-state index in [4.69, 9.17) is 14.2 Å². The van der Waals surface area contributed by atoms with Gasteiger partial charge in [0.15, 0.2) is 6.61 Å². The number of anilines is 2. The summed E-state index contributed by atoms with van der Waals surface area (Å²) >= 11 is 1.63. The highest BCUT2D eigenvalue weighted by molar-refractivity contribution is 7.99. The number of carbonyl (C=O) groups is 2. The van der Waals surface area contributed by atoms with Crippen LogP contribution >= 0.6 is 11.8 Å². The van der Waals surface area contributed by atoms with E-state index >= 15 is 0 Å². The zero-order chi connectivity index (χ0) is 24.1. The van der Waals surface area contributed by atoms with E-state index in [9.17, 15) is 9.59 Å². The van der Waals surface area contributed by atoms with E-state index in [1.54, 1.807) is 61.9 Å². The number of para-hydroxylation sites is 2. The summed E-state index contributed by atoms with van der Waals surface area (Å²) in [5.41, 5.74) is 0.815. The summed E-state index contributed by atoms with van der Waals surface area (Å²) in [4.78, 5) is 29.2. The number of ether oxygens (including phenoxy) is 3. The Kier molecular flexibility index (Phi) is 6.98. The van der Waals surface area contributed by atoms with Crippen molar-refractivity contribution in [3.8, 4) is 11.5 Å². The third kappa shape index (κ3) is 5.46. The van der Waals surface area contributed by atoms with Gasteiger partial charge in [-0.3, -0.25) is 4.90 Å². The van der Waals surface area contributed by atoms with Gasteiger partial charge < -0.3 is 19.5 Å². The molecule has 0 aromatic heterocycles. The van der Waals surface area contributed by atoms with Gasteiger partial charge in [-0.15, -0.1) is 0 Å². The van der Waals surface area contributed by atoms with E-state index in [0.717, 1.165) is 21.2 Å². The number of nitrogens with zero attached hydrogens (tertiary/aromatic N) is 1. The number of rotatable bonds is 7. The van der Waals surface area contributed by atoms with Crippen LogP contribution in [-0.4, -0.2) is 37.9 Å². The summed E-state index contributed by atoms with van der Waals surface area (Å²) in [5, 5.41) is 3.00. The maximum absolute atomic E-state index is 13.4. The first-order chi connectivity index (χ1) is 16.4. The number of esters is 1. The van der Waals surface area contributed by atoms with Crippen LogP contribution in [0.4, 0.5) is 16.2 Å². The summed E-state index contributed by atoms with van der Waals surface area (Å²) in [5.74, 6) is 0.707. The summed E-state index contributed by atoms with van der Waals surface area (Å²) in [6.07, 6.45) is 0. The van der Waals surface area contributed by atoms with Crippen LogP contribution < -0.4 is 19.7 Å². The normalized spacial score (nSPS) is 12.3. The highest BCUT2D eigenvalue weighted by Gasteiger charge is 2.31. The smallest absolute Gasteiger partial charge is 0.344 e. The third-order valence-electron chi connectivity index (χ3n) is 5.09. The molecule has 0 spiro atoms. The van der Waals surface area contributed by atoms with Crippen molar-refractivity contribution in [3.63, 3.8) is 0 Å². The van der Waals surface area contributed by atoms with Crippen molar-refractivity contribution in [1.82, 2.24) is 5.32 Å². The summed E-state index contributed by atoms with van der Waals surface area (Å²) in [6, 6.07) is 22.2. The molecule has 8 heteroatoms. The average Bonchev–Trinajstić information content (AvgIpc) is 2.84. The molecule has 176 valence electrons. The van der Waals surface area contributed by atoms with E-state index in [0.29, 0.717) is 11.5 Å². The van der Waals surface area contributed by atoms with Gasteiger partial charge in [0.05, 0.1) is 24.0 Å². The molecule has 1 heterocycles. The lowest BCUT2D eigenvalue weighted by Gasteiger charge is -2.34. The second-order valence-corrected chi connectivity index (χ2v) is 9.40. The van der Waals surface area contributed by atoms with Crippen LogP contribution in [0.15, 0.2) is 82.6 Å². The van der Waals surface area contributed by atoms with Crippen LogP contribution in [0.1, 0.15) is 13.8 Å². The van der Waals surface area contributed by atoms with Crippen LogP contribution in [0.25, 0.3) is 0 Å². The van der Waals surface area contributed by atoms with Crippen molar-refractivity contribution in [3.05, 3.63) is 72.8 Å². The molecule has 0 radical (unpaired) electrons. The van der Waals surface area contributed by atoms with Gasteiger partial charge >= 0.3 is 12.0 Å². The van der Waals surface area contributed by atoms with Gasteiger partial charge in [-0.05, 0) is 62.4 Å². The van der Waals surface area contributed by atoms with Gasteiger partial charge in [0.2, 0.25) is 0 Å². The molecular formula is C26H26N2O5S. The van der Waals surface area contributed by atoms with Crippen molar-refractivity contribution in [2.24, 2.45) is 0 Å². The summed E-state index contributed by atoms with van der Waals surface area (Å²) in [6.45, 7) is 3.37. The maximum atomic E-state index is 13.4. The molecule has 1 aliphatic rings. The number of amides is 2. The lowest BCUT2D eigenvalue weighted by Crippen LogP contribution is -2.52. The zero-order valence-corrected chi connectivity index (χ0v) is 20.1. The monoisotopic (exact) mass is 478 g/mol. The number of methoxy groups -OCH3 is 1. The molecule has 3 aromatic carbocycles. The molecule has 3 aromatic rings. The molecule has 1 N–H and O–H groups in total. The fourth-order valence-electron chi connectivity index (χ4n) is 3.42. The molecule has 0 saturated carbocycles. The summed E-state index contributed by atoms with van der Waals surface area (Å²) < 4.78 is 15.9. The van der Waals surface area contributed by atoms with Gasteiger partial charge in [0.1, 0.15) is 18.1 Å². The predicted octanol–water partition coefficient (Wildman–Crippen LogP) is 5.41. The Labute approximate surface area is 203 Å². The van der Waals surface area contributed by atoms with Crippen LogP contribution in [0.3, 0.4) is 0 Å². The molecule has 2 amide bonds. The lowest BCUT2D eigenvalue weighted by atomic mass is 10.1. The second kappa shape index (κ2) is 10.1. The Balaban J connectivity index is 1.37. The first-order valence-corrected chi connectivity index (χ1v) is 11.6. The zero-order valence-electron chi connectivity index (χ0n) is 19.2. The Hall–Kier alpha value is -3.65. The minimum Gasteiger partial charge on any atom is -0.497 e. The average molecular weight is 479 g/mol. The summed E-state index contributed by atoms with van der Waals surface area (Å²) in [7, 11) is 1.58. The van der Waals surface area contributed by atoms with Crippen molar-refractivity contribution >= 4 is 35.1 Å². The minimum atomic E-state index is -0.804. The van der Waals surface area contributed by atoms with Gasteiger partial charge in [0.25, 0.3) is 0 Å². The Morgan fingerprint density at radius 2 is 1.44 bits per heavy atom. The maximum Gasteiger partial charge on any atom is 0.344 e. The number of hydrogen-bond acceptors (Lipinski definition) is 6. The number of urea groups is 1. The highest BCUT2D eigenvalue weighted by atomic mass is 32.2. The fraction of sp³-hybridized carbons (Fsp3) is 0.231. The van der Waals surface area contributed by atoms with Crippen molar-refractivity contribution in [1.29, 1.82) is 0 Å². The SMILES string of the molecule is COc1ccc(OCC(=O)OCC(C)(C)NC(=O)N2c3ccccc3Sc3ccccc32)cc1. The number of nitrogens with one attached hydrogen (secondary N) is 1. The molecule has 0 unspecified atom stereocenters. The molecular weight excluding hydrogens is 452 g/mol. The Morgan fingerprint density at radius 3 is 2.03 bits per heavy atom. The molecule has 0 fully saturated rings. The third-order valence-corrected chi connectivity index (χ3v) is 6.22. The molecule has 1 aliphatic heterocycles. The van der Waals surface area contributed by atoms with Crippen molar-refractivity contribution < 1.29 is 23.8 Å². The first-order valence-electron chi connectivity index (χ1n) is 10.8. The van der Waals surface area contributed by atoms with Crippen LogP contribution in [0, 0.1) is 0 Å². The topological polar surface area (TPSA) is 77.1 Å². The van der Waals surface area contributed by atoms with Crippen LogP contribution in [0.2, 0.25) is 0 Å². The second-order valence-electron chi connectivity index (χ2n) is 8.31. The highest BCUT2D eigenvalue weighted by Crippen LogP contribution is 2.47. The van der Waals surface area contributed by atoms with Gasteiger partial charge in [0, 0.05) is 9.79 Å². The van der Waals surface area contributed by atoms with E-state index < -0.39 is 11.5 Å². The van der Waals surface area contributed by atoms with Crippen molar-refractivity contribution in [2.45, 2.75) is 29.2 Å². The van der Waals surface area contributed by atoms with Crippen LogP contribution in [-0.2, 0) is 9.53 Å². The lowest BCUT2D eigenvalue weighted by molar-refractivity contribution is -0.147. The molecule has 7 nitrogen and oxygen atoms in total. The Morgan fingerprint density at radius 1 is 0.882 bits per heavy atom. The number of benzene rings is 3. The molecule has 0 bridgehead atoms. The molecule has 0 atom stereocenters.